The van der Waals surface area contributed by atoms with Gasteiger partial charge in [-0.25, -0.2) is 0 Å². The Morgan fingerprint density at radius 1 is 1.18 bits per heavy atom. The van der Waals surface area contributed by atoms with Crippen LogP contribution >= 0.6 is 12.8 Å². The predicted octanol–water partition coefficient (Wildman–Crippen LogP) is 2.12. The molecule has 2 saturated heterocycles. The molecule has 2 heterocycles. The summed E-state index contributed by atoms with van der Waals surface area (Å²) in [6, 6.07) is 10.00. The fraction of sp³-hybridized carbons (Fsp3) is 0.647. The van der Waals surface area contributed by atoms with E-state index in [4.69, 9.17) is 4.74 Å². The molecule has 0 N–H and O–H groups in total. The molecule has 1 aromatic rings. The maximum absolute atomic E-state index is 5.79. The number of likely N-dealkylation sites (tertiary alicyclic amines) is 1. The number of piperidine rings is 1. The van der Waals surface area contributed by atoms with Crippen molar-refractivity contribution in [3.8, 4) is 5.75 Å². The number of hydrogen-bond donors (Lipinski definition) is 1. The van der Waals surface area contributed by atoms with Gasteiger partial charge in [0.2, 0.25) is 0 Å². The highest BCUT2D eigenvalue weighted by atomic mass is 32.1. The summed E-state index contributed by atoms with van der Waals surface area (Å²) in [5, 5.41) is 0. The zero-order valence-corrected chi connectivity index (χ0v) is 14.5. The Morgan fingerprint density at radius 2 is 1.86 bits per heavy atom. The third-order valence-electron chi connectivity index (χ3n) is 4.63. The summed E-state index contributed by atoms with van der Waals surface area (Å²) < 4.78 is 7.94. The van der Waals surface area contributed by atoms with Crippen molar-refractivity contribution >= 4 is 12.8 Å². The second-order valence-electron chi connectivity index (χ2n) is 6.74. The molecule has 22 heavy (non-hydrogen) atoms. The van der Waals surface area contributed by atoms with Gasteiger partial charge in [-0.3, -0.25) is 9.21 Å². The van der Waals surface area contributed by atoms with Gasteiger partial charge in [0.1, 0.15) is 5.75 Å². The molecule has 122 valence electrons. The lowest BCUT2D eigenvalue weighted by atomic mass is 9.88. The van der Waals surface area contributed by atoms with E-state index in [-0.39, 0.29) is 0 Å². The Hall–Kier alpha value is -0.750. The maximum Gasteiger partial charge on any atom is 0.119 e. The summed E-state index contributed by atoms with van der Waals surface area (Å²) in [5.74, 6) is 0.979. The minimum Gasteiger partial charge on any atom is -0.494 e. The average Bonchev–Trinajstić information content (AvgIpc) is 2.50. The van der Waals surface area contributed by atoms with Crippen LogP contribution in [-0.4, -0.2) is 66.5 Å². The lowest BCUT2D eigenvalue weighted by Gasteiger charge is -2.55. The molecular formula is C17H27N3OS. The molecule has 2 aliphatic heterocycles. The molecule has 0 aliphatic carbocycles. The molecule has 0 amide bonds. The van der Waals surface area contributed by atoms with Crippen LogP contribution in [-0.2, 0) is 6.54 Å². The lowest BCUT2D eigenvalue weighted by Crippen LogP contribution is -2.66. The monoisotopic (exact) mass is 321 g/mol. The van der Waals surface area contributed by atoms with Crippen molar-refractivity contribution in [1.29, 1.82) is 0 Å². The number of benzene rings is 1. The fourth-order valence-corrected chi connectivity index (χ4v) is 3.77. The van der Waals surface area contributed by atoms with Crippen molar-refractivity contribution in [3.63, 3.8) is 0 Å². The van der Waals surface area contributed by atoms with Gasteiger partial charge in [-0.15, -0.1) is 0 Å². The van der Waals surface area contributed by atoms with E-state index in [1.54, 1.807) is 0 Å². The van der Waals surface area contributed by atoms with Gasteiger partial charge in [0.05, 0.1) is 6.61 Å². The third-order valence-corrected chi connectivity index (χ3v) is 4.96. The van der Waals surface area contributed by atoms with Crippen molar-refractivity contribution in [3.05, 3.63) is 29.8 Å². The fourth-order valence-electron chi connectivity index (χ4n) is 3.40. The van der Waals surface area contributed by atoms with Gasteiger partial charge < -0.3 is 9.64 Å². The van der Waals surface area contributed by atoms with E-state index in [2.05, 4.69) is 65.3 Å². The van der Waals surface area contributed by atoms with Crippen molar-refractivity contribution in [2.24, 2.45) is 0 Å². The van der Waals surface area contributed by atoms with Crippen LogP contribution in [0.4, 0.5) is 0 Å². The largest absolute Gasteiger partial charge is 0.494 e. The van der Waals surface area contributed by atoms with Gasteiger partial charge in [0, 0.05) is 38.3 Å². The molecule has 5 heteroatoms. The average molecular weight is 321 g/mol. The van der Waals surface area contributed by atoms with E-state index in [0.717, 1.165) is 45.0 Å². The summed E-state index contributed by atoms with van der Waals surface area (Å²) >= 11 is 4.47. The van der Waals surface area contributed by atoms with Crippen molar-refractivity contribution in [2.45, 2.75) is 31.5 Å². The Morgan fingerprint density at radius 3 is 2.50 bits per heavy atom. The Kier molecular flexibility index (Phi) is 5.29. The van der Waals surface area contributed by atoms with E-state index in [0.29, 0.717) is 12.1 Å². The summed E-state index contributed by atoms with van der Waals surface area (Å²) in [6.07, 6.45) is 2.40. The number of fused-ring (bicyclic) bond motifs is 2. The first-order chi connectivity index (χ1) is 10.6. The maximum atomic E-state index is 5.79. The highest BCUT2D eigenvalue weighted by molar-refractivity contribution is 7.77. The zero-order valence-electron chi connectivity index (χ0n) is 13.6. The minimum atomic E-state index is 0.693. The van der Waals surface area contributed by atoms with Crippen LogP contribution in [0.25, 0.3) is 0 Å². The molecule has 2 unspecified atom stereocenters. The first-order valence-corrected chi connectivity index (χ1v) is 8.58. The van der Waals surface area contributed by atoms with Crippen LogP contribution in [0, 0.1) is 0 Å². The highest BCUT2D eigenvalue weighted by Crippen LogP contribution is 2.34. The number of piperazine rings is 1. The van der Waals surface area contributed by atoms with Crippen molar-refractivity contribution < 1.29 is 4.74 Å². The molecule has 4 nitrogen and oxygen atoms in total. The number of ether oxygens (including phenoxy) is 1. The van der Waals surface area contributed by atoms with Crippen molar-refractivity contribution in [2.75, 3.05) is 40.3 Å². The number of thiol groups is 1. The standard InChI is InChI=1S/C17H27N3OS/c1-18(2)8-3-9-21-17-6-4-14(5-7-17)11-20-15-10-16(20)13-19(22)12-15/h4-7,15-16,22H,3,8-13H2,1-2H3. The molecule has 3 rings (SSSR count). The smallest absolute Gasteiger partial charge is 0.119 e. The number of hydrogen-bond acceptors (Lipinski definition) is 5. The Labute approximate surface area is 139 Å². The van der Waals surface area contributed by atoms with E-state index >= 15 is 0 Å². The summed E-state index contributed by atoms with van der Waals surface area (Å²) in [4.78, 5) is 4.79. The van der Waals surface area contributed by atoms with Crippen LogP contribution in [0.3, 0.4) is 0 Å². The molecule has 2 atom stereocenters. The molecule has 0 aromatic heterocycles. The predicted molar refractivity (Wildman–Crippen MR) is 93.4 cm³/mol. The normalized spacial score (nSPS) is 25.3. The lowest BCUT2D eigenvalue weighted by molar-refractivity contribution is -0.0464. The molecule has 2 fully saturated rings. The van der Waals surface area contributed by atoms with Gasteiger partial charge in [0.15, 0.2) is 0 Å². The molecule has 0 spiro atoms. The first kappa shape index (κ1) is 16.1. The van der Waals surface area contributed by atoms with Crippen LogP contribution in [0.15, 0.2) is 24.3 Å². The molecule has 0 saturated carbocycles. The third kappa shape index (κ3) is 3.96. The Balaban J connectivity index is 1.44. The zero-order chi connectivity index (χ0) is 15.5. The number of nitrogens with zero attached hydrogens (tertiary/aromatic N) is 3. The molecular weight excluding hydrogens is 294 g/mol. The van der Waals surface area contributed by atoms with Crippen LogP contribution in [0.2, 0.25) is 0 Å². The van der Waals surface area contributed by atoms with Crippen molar-refractivity contribution in [1.82, 2.24) is 14.1 Å². The van der Waals surface area contributed by atoms with Gasteiger partial charge in [-0.2, -0.15) is 0 Å². The summed E-state index contributed by atoms with van der Waals surface area (Å²) in [7, 11) is 4.18. The first-order valence-electron chi connectivity index (χ1n) is 8.18. The van der Waals surface area contributed by atoms with Crippen LogP contribution in [0.1, 0.15) is 18.4 Å². The van der Waals surface area contributed by atoms with Gasteiger partial charge >= 0.3 is 0 Å². The second kappa shape index (κ2) is 7.21. The van der Waals surface area contributed by atoms with Gasteiger partial charge in [0.25, 0.3) is 0 Å². The molecule has 1 aromatic carbocycles. The second-order valence-corrected chi connectivity index (χ2v) is 7.30. The van der Waals surface area contributed by atoms with E-state index in [9.17, 15) is 0 Å². The molecule has 0 radical (unpaired) electrons. The van der Waals surface area contributed by atoms with E-state index < -0.39 is 0 Å². The van der Waals surface area contributed by atoms with Crippen LogP contribution < -0.4 is 4.74 Å². The summed E-state index contributed by atoms with van der Waals surface area (Å²) in [5.41, 5.74) is 1.38. The van der Waals surface area contributed by atoms with E-state index in [1.165, 1.54) is 12.0 Å². The SMILES string of the molecule is CN(C)CCCOc1ccc(CN2C3CC2CN(S)C3)cc1. The van der Waals surface area contributed by atoms with Crippen LogP contribution in [0.5, 0.6) is 5.75 Å². The minimum absolute atomic E-state index is 0.693. The topological polar surface area (TPSA) is 19.0 Å². The Bertz CT molecular complexity index is 467. The highest BCUT2D eigenvalue weighted by Gasteiger charge is 2.43. The van der Waals surface area contributed by atoms with Gasteiger partial charge in [-0.05, 0) is 44.6 Å². The quantitative estimate of drug-likeness (QED) is 0.612. The molecule has 2 bridgehead atoms. The summed E-state index contributed by atoms with van der Waals surface area (Å²) in [6.45, 7) is 5.08. The number of rotatable bonds is 7. The van der Waals surface area contributed by atoms with E-state index in [1.807, 2.05) is 0 Å². The van der Waals surface area contributed by atoms with Gasteiger partial charge in [-0.1, -0.05) is 24.9 Å². The molecule has 2 aliphatic rings.